The van der Waals surface area contributed by atoms with Gasteiger partial charge in [0.05, 0.1) is 27.0 Å². The van der Waals surface area contributed by atoms with Gasteiger partial charge in [0.25, 0.3) is 0 Å². The summed E-state index contributed by atoms with van der Waals surface area (Å²) in [6.07, 6.45) is 10.8. The minimum Gasteiger partial charge on any atom is -0.497 e. The van der Waals surface area contributed by atoms with Crippen molar-refractivity contribution in [2.45, 2.75) is 13.8 Å². The van der Waals surface area contributed by atoms with E-state index in [4.69, 9.17) is 14.2 Å². The van der Waals surface area contributed by atoms with Crippen LogP contribution in [0.1, 0.15) is 33.4 Å². The summed E-state index contributed by atoms with van der Waals surface area (Å²) in [5, 5.41) is 2.32. The number of fused-ring (bicyclic) bond motifs is 1. The highest BCUT2D eigenvalue weighted by Crippen LogP contribution is 2.44. The second-order valence-electron chi connectivity index (χ2n) is 15.0. The van der Waals surface area contributed by atoms with E-state index in [9.17, 15) is 0 Å². The molecule has 0 unspecified atom stereocenters. The average molecular weight is 811 g/mol. The summed E-state index contributed by atoms with van der Waals surface area (Å²) in [7, 11) is 5.10. The summed E-state index contributed by atoms with van der Waals surface area (Å²) in [5.74, 6) is 2.47. The highest BCUT2D eigenvalue weighted by molar-refractivity contribution is 6.03. The molecule has 0 aliphatic rings. The third kappa shape index (κ3) is 9.03. The molecule has 0 saturated carbocycles. The predicted octanol–water partition coefficient (Wildman–Crippen LogP) is 14.9. The molecule has 0 bridgehead atoms. The molecule has 0 saturated heterocycles. The molecule has 0 fully saturated rings. The van der Waals surface area contributed by atoms with Crippen molar-refractivity contribution in [2.75, 3.05) is 31.1 Å². The maximum atomic E-state index is 5.58. The Labute approximate surface area is 365 Å². The van der Waals surface area contributed by atoms with E-state index in [1.54, 1.807) is 21.3 Å². The lowest BCUT2D eigenvalue weighted by Gasteiger charge is -2.30. The van der Waals surface area contributed by atoms with Crippen molar-refractivity contribution < 1.29 is 14.2 Å². The molecule has 0 atom stereocenters. The summed E-state index contributed by atoms with van der Waals surface area (Å²) in [5.41, 5.74) is 13.2. The molecular formula is C57H50N2O3. The van der Waals surface area contributed by atoms with Crippen LogP contribution >= 0.6 is 0 Å². The van der Waals surface area contributed by atoms with Gasteiger partial charge in [0.1, 0.15) is 17.2 Å². The van der Waals surface area contributed by atoms with Crippen LogP contribution in [0.3, 0.4) is 0 Å². The van der Waals surface area contributed by atoms with Crippen LogP contribution in [0, 0.1) is 13.8 Å². The van der Waals surface area contributed by atoms with Gasteiger partial charge in [-0.15, -0.1) is 0 Å². The summed E-state index contributed by atoms with van der Waals surface area (Å²) >= 11 is 0. The number of nitrogens with zero attached hydrogens (tertiary/aromatic N) is 2. The number of anilines is 5. The van der Waals surface area contributed by atoms with E-state index in [1.807, 2.05) is 24.3 Å². The van der Waals surface area contributed by atoms with Gasteiger partial charge in [0.2, 0.25) is 0 Å². The smallest absolute Gasteiger partial charge is 0.119 e. The first kappa shape index (κ1) is 41.0. The van der Waals surface area contributed by atoms with Crippen LogP contribution in [-0.2, 0) is 0 Å². The van der Waals surface area contributed by atoms with Gasteiger partial charge in [-0.05, 0) is 131 Å². The fourth-order valence-electron chi connectivity index (χ4n) is 7.84. The van der Waals surface area contributed by atoms with Crippen LogP contribution in [0.25, 0.3) is 28.5 Å². The van der Waals surface area contributed by atoms with Gasteiger partial charge >= 0.3 is 0 Å². The van der Waals surface area contributed by atoms with Crippen molar-refractivity contribution in [3.63, 3.8) is 0 Å². The van der Waals surface area contributed by atoms with Gasteiger partial charge in [0, 0.05) is 39.9 Å². The van der Waals surface area contributed by atoms with Crippen LogP contribution in [0.5, 0.6) is 17.2 Å². The fourth-order valence-corrected chi connectivity index (χ4v) is 7.84. The minimum atomic E-state index is 0.816. The minimum absolute atomic E-state index is 0.816. The van der Waals surface area contributed by atoms with Gasteiger partial charge in [-0.25, -0.2) is 0 Å². The SMILES string of the molecule is COc1ccc(N(C=C(c2ccccc2)c2ccccc2)c2ccc(/C=C/C=C/c3ccc(N(c4ccc(OC)cc4C)c4ccc(OC)cc4C)c4ccccc34)cc2)cc1. The second kappa shape index (κ2) is 19.1. The molecule has 8 rings (SSSR count). The van der Waals surface area contributed by atoms with E-state index in [0.717, 1.165) is 90.0 Å². The Morgan fingerprint density at radius 3 is 1.44 bits per heavy atom. The lowest BCUT2D eigenvalue weighted by atomic mass is 9.98. The molecule has 0 aromatic heterocycles. The molecule has 8 aromatic carbocycles. The van der Waals surface area contributed by atoms with Crippen LogP contribution in [-0.4, -0.2) is 21.3 Å². The molecule has 0 aliphatic heterocycles. The maximum absolute atomic E-state index is 5.58. The van der Waals surface area contributed by atoms with Crippen molar-refractivity contribution in [3.05, 3.63) is 234 Å². The van der Waals surface area contributed by atoms with Crippen LogP contribution < -0.4 is 24.0 Å². The molecular weight excluding hydrogens is 761 g/mol. The van der Waals surface area contributed by atoms with Crippen molar-refractivity contribution in [3.8, 4) is 17.2 Å². The van der Waals surface area contributed by atoms with Gasteiger partial charge in [0.15, 0.2) is 0 Å². The quantitative estimate of drug-likeness (QED) is 0.102. The van der Waals surface area contributed by atoms with Crippen molar-refractivity contribution in [2.24, 2.45) is 0 Å². The molecule has 0 heterocycles. The van der Waals surface area contributed by atoms with Crippen LogP contribution in [0.2, 0.25) is 0 Å². The van der Waals surface area contributed by atoms with Crippen molar-refractivity contribution >= 4 is 56.9 Å². The van der Waals surface area contributed by atoms with E-state index < -0.39 is 0 Å². The van der Waals surface area contributed by atoms with E-state index in [2.05, 4.69) is 212 Å². The molecule has 0 spiro atoms. The molecule has 5 heteroatoms. The zero-order valence-corrected chi connectivity index (χ0v) is 35.8. The largest absolute Gasteiger partial charge is 0.497 e. The van der Waals surface area contributed by atoms with Crippen molar-refractivity contribution in [1.29, 1.82) is 0 Å². The summed E-state index contributed by atoms with van der Waals surface area (Å²) in [4.78, 5) is 4.59. The first-order valence-corrected chi connectivity index (χ1v) is 20.8. The zero-order valence-electron chi connectivity index (χ0n) is 35.8. The molecule has 0 aliphatic carbocycles. The average Bonchev–Trinajstić information content (AvgIpc) is 3.33. The normalized spacial score (nSPS) is 11.2. The fraction of sp³-hybridized carbons (Fsp3) is 0.0877. The Morgan fingerprint density at radius 1 is 0.435 bits per heavy atom. The van der Waals surface area contributed by atoms with Gasteiger partial charge in [-0.3, -0.25) is 0 Å². The Kier molecular flexibility index (Phi) is 12.6. The van der Waals surface area contributed by atoms with Crippen LogP contribution in [0.15, 0.2) is 200 Å². The molecule has 0 radical (unpaired) electrons. The van der Waals surface area contributed by atoms with Gasteiger partial charge < -0.3 is 24.0 Å². The zero-order chi connectivity index (χ0) is 42.8. The molecule has 0 N–H and O–H groups in total. The Hall–Kier alpha value is -7.76. The van der Waals surface area contributed by atoms with E-state index in [1.165, 1.54) is 5.39 Å². The Balaban J connectivity index is 1.10. The number of rotatable bonds is 14. The number of methoxy groups -OCH3 is 3. The molecule has 5 nitrogen and oxygen atoms in total. The summed E-state index contributed by atoms with van der Waals surface area (Å²) in [6.45, 7) is 4.26. The van der Waals surface area contributed by atoms with Crippen molar-refractivity contribution in [1.82, 2.24) is 0 Å². The van der Waals surface area contributed by atoms with Gasteiger partial charge in [-0.1, -0.05) is 127 Å². The first-order valence-electron chi connectivity index (χ1n) is 20.8. The maximum Gasteiger partial charge on any atom is 0.119 e. The molecule has 0 amide bonds. The van der Waals surface area contributed by atoms with Crippen LogP contribution in [0.4, 0.5) is 28.4 Å². The second-order valence-corrected chi connectivity index (χ2v) is 15.0. The number of benzene rings is 8. The van der Waals surface area contributed by atoms with E-state index in [0.29, 0.717) is 0 Å². The topological polar surface area (TPSA) is 34.2 Å². The third-order valence-corrected chi connectivity index (χ3v) is 11.1. The Bertz CT molecular complexity index is 2770. The van der Waals surface area contributed by atoms with Gasteiger partial charge in [-0.2, -0.15) is 0 Å². The number of aryl methyl sites for hydroxylation is 2. The standard InChI is InChI=1S/C57H50N2O3/c1-41-38-50(61-4)33-36-55(41)59(56-37-34-51(62-5)39-42(56)2)57-35-26-46(52-22-14-15-23-53(52)57)21-13-12-16-43-24-27-47(28-25-43)58(48-29-31-49(60-3)32-30-48)40-54(44-17-8-6-9-18-44)45-19-10-7-11-20-45/h6-40H,1-5H3/b16-12+,21-13+. The monoisotopic (exact) mass is 810 g/mol. The number of hydrogen-bond acceptors (Lipinski definition) is 5. The highest BCUT2D eigenvalue weighted by Gasteiger charge is 2.20. The van der Waals surface area contributed by atoms with E-state index in [-0.39, 0.29) is 0 Å². The highest BCUT2D eigenvalue weighted by atomic mass is 16.5. The lowest BCUT2D eigenvalue weighted by molar-refractivity contribution is 0.414. The first-order chi connectivity index (χ1) is 30.4. The summed E-state index contributed by atoms with van der Waals surface area (Å²) in [6, 6.07) is 63.5. The molecule has 62 heavy (non-hydrogen) atoms. The number of allylic oxidation sites excluding steroid dienone is 2. The van der Waals surface area contributed by atoms with E-state index >= 15 is 0 Å². The summed E-state index contributed by atoms with van der Waals surface area (Å²) < 4.78 is 16.7. The molecule has 306 valence electrons. The number of hydrogen-bond donors (Lipinski definition) is 0. The third-order valence-electron chi connectivity index (χ3n) is 11.1. The lowest BCUT2D eigenvalue weighted by Crippen LogP contribution is -2.13. The predicted molar refractivity (Wildman–Crippen MR) is 261 cm³/mol. The Morgan fingerprint density at radius 2 is 0.903 bits per heavy atom. The number of ether oxygens (including phenoxy) is 3. The molecule has 8 aromatic rings.